The van der Waals surface area contributed by atoms with Crippen LogP contribution in [-0.4, -0.2) is 29.9 Å². The Morgan fingerprint density at radius 2 is 1.84 bits per heavy atom. The van der Waals surface area contributed by atoms with E-state index in [1.54, 1.807) is 30.2 Å². The molecule has 25 heavy (non-hydrogen) atoms. The maximum atomic E-state index is 12.4. The van der Waals surface area contributed by atoms with Crippen LogP contribution in [0.5, 0.6) is 0 Å². The predicted octanol–water partition coefficient (Wildman–Crippen LogP) is 4.86. The van der Waals surface area contributed by atoms with Crippen LogP contribution in [0.1, 0.15) is 18.4 Å². The van der Waals surface area contributed by atoms with Crippen molar-refractivity contribution in [1.82, 2.24) is 4.90 Å². The van der Waals surface area contributed by atoms with Crippen molar-refractivity contribution in [3.8, 4) is 0 Å². The van der Waals surface area contributed by atoms with Gasteiger partial charge in [0.25, 0.3) is 0 Å². The SMILES string of the molecule is COC(=Nc1c(Cl)cccc1Cl)C1CCC(=O)N1Cc1ccccc1. The summed E-state index contributed by atoms with van der Waals surface area (Å²) in [6.07, 6.45) is 1.12. The summed E-state index contributed by atoms with van der Waals surface area (Å²) < 4.78 is 5.50. The number of carbonyl (C=O) groups excluding carboxylic acids is 1. The molecule has 1 atom stereocenters. The monoisotopic (exact) mass is 376 g/mol. The number of halogens is 2. The Kier molecular flexibility index (Phi) is 5.61. The number of hydrogen-bond acceptors (Lipinski definition) is 3. The van der Waals surface area contributed by atoms with E-state index in [1.807, 2.05) is 30.3 Å². The first-order valence-electron chi connectivity index (χ1n) is 8.00. The van der Waals surface area contributed by atoms with Gasteiger partial charge < -0.3 is 9.64 Å². The molecular formula is C19H18Cl2N2O2. The van der Waals surface area contributed by atoms with Gasteiger partial charge in [-0.25, -0.2) is 4.99 Å². The molecule has 0 aromatic heterocycles. The van der Waals surface area contributed by atoms with Gasteiger partial charge in [-0.3, -0.25) is 4.79 Å². The van der Waals surface area contributed by atoms with Gasteiger partial charge in [0.05, 0.1) is 17.2 Å². The van der Waals surface area contributed by atoms with Crippen molar-refractivity contribution < 1.29 is 9.53 Å². The lowest BCUT2D eigenvalue weighted by Crippen LogP contribution is -2.38. The number of carbonyl (C=O) groups is 1. The lowest BCUT2D eigenvalue weighted by molar-refractivity contribution is -0.128. The van der Waals surface area contributed by atoms with Gasteiger partial charge in [0.2, 0.25) is 11.8 Å². The van der Waals surface area contributed by atoms with Crippen LogP contribution in [0.25, 0.3) is 0 Å². The second kappa shape index (κ2) is 7.89. The molecule has 2 aromatic carbocycles. The molecule has 4 nitrogen and oxygen atoms in total. The van der Waals surface area contributed by atoms with E-state index in [2.05, 4.69) is 4.99 Å². The fourth-order valence-corrected chi connectivity index (χ4v) is 3.41. The summed E-state index contributed by atoms with van der Waals surface area (Å²) in [5.41, 5.74) is 1.52. The van der Waals surface area contributed by atoms with Gasteiger partial charge in [0.1, 0.15) is 11.7 Å². The van der Waals surface area contributed by atoms with Gasteiger partial charge >= 0.3 is 0 Å². The number of aliphatic imine (C=N–C) groups is 1. The smallest absolute Gasteiger partial charge is 0.223 e. The van der Waals surface area contributed by atoms with Crippen LogP contribution >= 0.6 is 23.2 Å². The molecule has 1 saturated heterocycles. The number of nitrogens with zero attached hydrogens (tertiary/aromatic N) is 2. The minimum absolute atomic E-state index is 0.0869. The molecule has 0 spiro atoms. The standard InChI is InChI=1S/C19H18Cl2N2O2/c1-25-19(22-18-14(20)8-5-9-15(18)21)16-10-11-17(24)23(16)12-13-6-3-2-4-7-13/h2-9,16H,10-12H2,1H3. The molecule has 3 rings (SSSR count). The average molecular weight is 377 g/mol. The van der Waals surface area contributed by atoms with Gasteiger partial charge in [0, 0.05) is 13.0 Å². The third-order valence-corrected chi connectivity index (χ3v) is 4.79. The van der Waals surface area contributed by atoms with E-state index in [0.29, 0.717) is 41.0 Å². The van der Waals surface area contributed by atoms with E-state index >= 15 is 0 Å². The molecule has 1 fully saturated rings. The van der Waals surface area contributed by atoms with Crippen LogP contribution in [0.2, 0.25) is 10.0 Å². The lowest BCUT2D eigenvalue weighted by Gasteiger charge is -2.25. The van der Waals surface area contributed by atoms with Crippen LogP contribution in [-0.2, 0) is 16.1 Å². The van der Waals surface area contributed by atoms with E-state index in [-0.39, 0.29) is 11.9 Å². The van der Waals surface area contributed by atoms with Crippen molar-refractivity contribution >= 4 is 40.7 Å². The van der Waals surface area contributed by atoms with Crippen LogP contribution in [0.15, 0.2) is 53.5 Å². The van der Waals surface area contributed by atoms with E-state index in [1.165, 1.54) is 0 Å². The second-order valence-corrected chi connectivity index (χ2v) is 6.60. The first-order valence-corrected chi connectivity index (χ1v) is 8.75. The molecule has 1 aliphatic heterocycles. The number of rotatable bonds is 4. The third-order valence-electron chi connectivity index (χ3n) is 4.18. The number of methoxy groups -OCH3 is 1. The molecule has 2 aromatic rings. The first kappa shape index (κ1) is 17.8. The van der Waals surface area contributed by atoms with Gasteiger partial charge in [0.15, 0.2) is 0 Å². The third kappa shape index (κ3) is 3.97. The quantitative estimate of drug-likeness (QED) is 0.564. The maximum absolute atomic E-state index is 12.4. The Morgan fingerprint density at radius 1 is 1.16 bits per heavy atom. The highest BCUT2D eigenvalue weighted by Gasteiger charge is 2.35. The molecule has 0 aliphatic carbocycles. The van der Waals surface area contributed by atoms with Crippen LogP contribution in [0.4, 0.5) is 5.69 Å². The zero-order valence-corrected chi connectivity index (χ0v) is 15.3. The van der Waals surface area contributed by atoms with Crippen molar-refractivity contribution in [1.29, 1.82) is 0 Å². The van der Waals surface area contributed by atoms with Crippen molar-refractivity contribution in [2.45, 2.75) is 25.4 Å². The van der Waals surface area contributed by atoms with Crippen LogP contribution in [0.3, 0.4) is 0 Å². The Labute approximate surface area is 157 Å². The maximum Gasteiger partial charge on any atom is 0.223 e. The first-order chi connectivity index (χ1) is 12.1. The normalized spacial score (nSPS) is 17.9. The Bertz CT molecular complexity index is 773. The lowest BCUT2D eigenvalue weighted by atomic mass is 10.1. The molecular weight excluding hydrogens is 359 g/mol. The number of likely N-dealkylation sites (tertiary alicyclic amines) is 1. The fraction of sp³-hybridized carbons (Fsp3) is 0.263. The molecule has 0 N–H and O–H groups in total. The molecule has 0 bridgehead atoms. The van der Waals surface area contributed by atoms with Gasteiger partial charge in [-0.2, -0.15) is 0 Å². The fourth-order valence-electron chi connectivity index (χ4n) is 2.93. The summed E-state index contributed by atoms with van der Waals surface area (Å²) >= 11 is 12.4. The summed E-state index contributed by atoms with van der Waals surface area (Å²) in [4.78, 5) is 18.7. The van der Waals surface area contributed by atoms with Gasteiger partial charge in [-0.15, -0.1) is 0 Å². The summed E-state index contributed by atoms with van der Waals surface area (Å²) in [5.74, 6) is 0.528. The minimum Gasteiger partial charge on any atom is -0.483 e. The van der Waals surface area contributed by atoms with Gasteiger partial charge in [-0.1, -0.05) is 59.6 Å². The van der Waals surface area contributed by atoms with E-state index in [9.17, 15) is 4.79 Å². The number of amides is 1. The molecule has 6 heteroatoms. The molecule has 1 unspecified atom stereocenters. The number of para-hydroxylation sites is 1. The van der Waals surface area contributed by atoms with Crippen molar-refractivity contribution in [2.75, 3.05) is 7.11 Å². The Hall–Kier alpha value is -2.04. The summed E-state index contributed by atoms with van der Waals surface area (Å²) in [5, 5.41) is 0.891. The highest BCUT2D eigenvalue weighted by Crippen LogP contribution is 2.34. The highest BCUT2D eigenvalue weighted by atomic mass is 35.5. The molecule has 130 valence electrons. The Balaban J connectivity index is 1.91. The number of ether oxygens (including phenoxy) is 1. The average Bonchev–Trinajstić information content (AvgIpc) is 2.97. The van der Waals surface area contributed by atoms with E-state index in [4.69, 9.17) is 27.9 Å². The van der Waals surface area contributed by atoms with Crippen molar-refractivity contribution in [3.63, 3.8) is 0 Å². The van der Waals surface area contributed by atoms with Crippen LogP contribution in [0, 0.1) is 0 Å². The Morgan fingerprint density at radius 3 is 2.48 bits per heavy atom. The summed E-state index contributed by atoms with van der Waals surface area (Å²) in [6, 6.07) is 14.8. The molecule has 0 radical (unpaired) electrons. The molecule has 0 saturated carbocycles. The topological polar surface area (TPSA) is 41.9 Å². The predicted molar refractivity (Wildman–Crippen MR) is 101 cm³/mol. The van der Waals surface area contributed by atoms with E-state index in [0.717, 1.165) is 5.56 Å². The number of benzene rings is 2. The minimum atomic E-state index is -0.231. The van der Waals surface area contributed by atoms with Crippen molar-refractivity contribution in [2.24, 2.45) is 4.99 Å². The summed E-state index contributed by atoms with van der Waals surface area (Å²) in [6.45, 7) is 0.517. The van der Waals surface area contributed by atoms with Crippen LogP contribution < -0.4 is 0 Å². The second-order valence-electron chi connectivity index (χ2n) is 5.79. The van der Waals surface area contributed by atoms with Gasteiger partial charge in [-0.05, 0) is 24.1 Å². The zero-order chi connectivity index (χ0) is 17.8. The summed E-state index contributed by atoms with van der Waals surface area (Å²) in [7, 11) is 1.55. The molecule has 1 amide bonds. The molecule has 1 aliphatic rings. The largest absolute Gasteiger partial charge is 0.483 e. The van der Waals surface area contributed by atoms with Crippen molar-refractivity contribution in [3.05, 3.63) is 64.1 Å². The highest BCUT2D eigenvalue weighted by molar-refractivity contribution is 6.38. The molecule has 1 heterocycles. The zero-order valence-electron chi connectivity index (χ0n) is 13.8. The number of hydrogen-bond donors (Lipinski definition) is 0. The van der Waals surface area contributed by atoms with E-state index < -0.39 is 0 Å².